The Kier molecular flexibility index (Phi) is 4.07. The van der Waals surface area contributed by atoms with E-state index in [0.717, 1.165) is 33.3 Å². The van der Waals surface area contributed by atoms with Gasteiger partial charge in [-0.25, -0.2) is 5.01 Å². The summed E-state index contributed by atoms with van der Waals surface area (Å²) in [6, 6.07) is 15.4. The molecule has 1 fully saturated rings. The lowest BCUT2D eigenvalue weighted by Gasteiger charge is -2.50. The highest BCUT2D eigenvalue weighted by molar-refractivity contribution is 5.98. The van der Waals surface area contributed by atoms with Gasteiger partial charge in [0.1, 0.15) is 12.6 Å². The molecule has 1 aromatic heterocycles. The lowest BCUT2D eigenvalue weighted by Crippen LogP contribution is -2.66. The van der Waals surface area contributed by atoms with Crippen molar-refractivity contribution in [1.82, 2.24) is 14.9 Å². The number of fused-ring (bicyclic) bond motifs is 4. The number of para-hydroxylation sites is 1. The molecule has 0 saturated carbocycles. The summed E-state index contributed by atoms with van der Waals surface area (Å²) in [7, 11) is 0. The second-order valence-corrected chi connectivity index (χ2v) is 8.62. The van der Waals surface area contributed by atoms with Gasteiger partial charge in [0, 0.05) is 23.0 Å². The number of carbonyl (C=O) groups is 2. The molecule has 0 spiro atoms. The highest BCUT2D eigenvalue weighted by Gasteiger charge is 2.51. The van der Waals surface area contributed by atoms with Gasteiger partial charge in [-0.15, -0.1) is 0 Å². The Morgan fingerprint density at radius 3 is 2.60 bits per heavy atom. The average Bonchev–Trinajstić information content (AvgIpc) is 3.10. The highest BCUT2D eigenvalue weighted by atomic mass is 16.2. The first-order chi connectivity index (χ1) is 14.4. The zero-order valence-electron chi connectivity index (χ0n) is 17.3. The molecular formula is C24H24N4O2. The van der Waals surface area contributed by atoms with Gasteiger partial charge in [-0.2, -0.15) is 5.10 Å². The van der Waals surface area contributed by atoms with Crippen LogP contribution in [0.5, 0.6) is 0 Å². The molecule has 0 bridgehead atoms. The number of hydrogen-bond donors (Lipinski definition) is 1. The Hall–Kier alpha value is -3.41. The Bertz CT molecular complexity index is 1190. The van der Waals surface area contributed by atoms with E-state index in [1.165, 1.54) is 5.01 Å². The number of hydrogen-bond acceptors (Lipinski definition) is 3. The monoisotopic (exact) mass is 400 g/mol. The summed E-state index contributed by atoms with van der Waals surface area (Å²) in [6.45, 7) is 5.98. The molecule has 2 aliphatic heterocycles. The third kappa shape index (κ3) is 2.75. The summed E-state index contributed by atoms with van der Waals surface area (Å²) in [5.41, 5.74) is 4.61. The van der Waals surface area contributed by atoms with Crippen LogP contribution in [0.25, 0.3) is 10.9 Å². The second kappa shape index (κ2) is 6.55. The Morgan fingerprint density at radius 1 is 1.10 bits per heavy atom. The first-order valence-electron chi connectivity index (χ1n) is 10.2. The number of amides is 2. The van der Waals surface area contributed by atoms with Crippen molar-refractivity contribution >= 4 is 28.9 Å². The molecule has 1 atom stereocenters. The Morgan fingerprint density at radius 2 is 1.83 bits per heavy atom. The van der Waals surface area contributed by atoms with E-state index >= 15 is 0 Å². The van der Waals surface area contributed by atoms with Crippen LogP contribution in [0.1, 0.15) is 36.2 Å². The number of hydrazone groups is 1. The van der Waals surface area contributed by atoms with Gasteiger partial charge in [-0.3, -0.25) is 9.59 Å². The molecule has 2 aromatic carbocycles. The molecule has 30 heavy (non-hydrogen) atoms. The average molecular weight is 400 g/mol. The van der Waals surface area contributed by atoms with E-state index in [9.17, 15) is 9.59 Å². The molecule has 6 nitrogen and oxygen atoms in total. The highest BCUT2D eigenvalue weighted by Crippen LogP contribution is 2.42. The smallest absolute Gasteiger partial charge is 0.266 e. The molecule has 0 radical (unpaired) electrons. The van der Waals surface area contributed by atoms with Gasteiger partial charge in [0.2, 0.25) is 5.91 Å². The zero-order chi connectivity index (χ0) is 21.0. The van der Waals surface area contributed by atoms with Crippen LogP contribution in [-0.4, -0.2) is 45.5 Å². The first-order valence-corrected chi connectivity index (χ1v) is 10.2. The lowest BCUT2D eigenvalue weighted by molar-refractivity contribution is -0.163. The van der Waals surface area contributed by atoms with E-state index in [1.807, 2.05) is 63.2 Å². The number of nitrogens with one attached hydrogen (secondary N) is 1. The van der Waals surface area contributed by atoms with Crippen molar-refractivity contribution in [3.63, 3.8) is 0 Å². The lowest BCUT2D eigenvalue weighted by atomic mass is 9.82. The van der Waals surface area contributed by atoms with Crippen molar-refractivity contribution in [3.8, 4) is 0 Å². The van der Waals surface area contributed by atoms with E-state index < -0.39 is 11.6 Å². The largest absolute Gasteiger partial charge is 0.356 e. The van der Waals surface area contributed by atoms with E-state index in [0.29, 0.717) is 6.42 Å². The quantitative estimate of drug-likeness (QED) is 0.671. The van der Waals surface area contributed by atoms with Gasteiger partial charge in [0.05, 0.1) is 11.8 Å². The predicted octanol–water partition coefficient (Wildman–Crippen LogP) is 3.34. The van der Waals surface area contributed by atoms with Crippen LogP contribution in [0.4, 0.5) is 0 Å². The van der Waals surface area contributed by atoms with Crippen molar-refractivity contribution < 1.29 is 9.59 Å². The van der Waals surface area contributed by atoms with Crippen LogP contribution in [-0.2, 0) is 21.5 Å². The maximum Gasteiger partial charge on any atom is 0.266 e. The minimum absolute atomic E-state index is 0.0450. The van der Waals surface area contributed by atoms with Crippen LogP contribution >= 0.6 is 0 Å². The number of piperazine rings is 1. The SMILES string of the molecule is Cc1ccc(C=NN2CC(=O)N3[C@@H](Cc4c([nH]c5ccccc45)C3(C)C)C2=O)cc1. The molecule has 3 heterocycles. The third-order valence-electron chi connectivity index (χ3n) is 6.25. The van der Waals surface area contributed by atoms with Crippen LogP contribution in [0, 0.1) is 6.92 Å². The maximum atomic E-state index is 13.3. The molecular weight excluding hydrogens is 376 g/mol. The minimum Gasteiger partial charge on any atom is -0.356 e. The molecule has 5 rings (SSSR count). The Labute approximate surface area is 175 Å². The maximum absolute atomic E-state index is 13.3. The summed E-state index contributed by atoms with van der Waals surface area (Å²) in [5.74, 6) is -0.225. The van der Waals surface area contributed by atoms with Crippen molar-refractivity contribution in [2.45, 2.75) is 38.8 Å². The van der Waals surface area contributed by atoms with E-state index in [4.69, 9.17) is 0 Å². The van der Waals surface area contributed by atoms with Crippen LogP contribution in [0.2, 0.25) is 0 Å². The van der Waals surface area contributed by atoms with Gasteiger partial charge in [0.15, 0.2) is 0 Å². The standard InChI is InChI=1S/C24H24N4O2/c1-15-8-10-16(11-9-15)13-25-27-14-21(29)28-20(23(27)30)12-18-17-6-4-5-7-19(17)26-22(18)24(28,2)3/h4-11,13,20,26H,12,14H2,1-3H3/t20-/m0/s1. The molecule has 152 valence electrons. The van der Waals surface area contributed by atoms with Crippen molar-refractivity contribution in [3.05, 3.63) is 70.9 Å². The molecule has 0 aliphatic carbocycles. The first kappa shape index (κ1) is 18.6. The number of benzene rings is 2. The summed E-state index contributed by atoms with van der Waals surface area (Å²) in [6.07, 6.45) is 2.13. The normalized spacial score (nSPS) is 20.7. The minimum atomic E-state index is -0.600. The molecule has 2 amide bonds. The van der Waals surface area contributed by atoms with Gasteiger partial charge in [-0.1, -0.05) is 48.0 Å². The molecule has 6 heteroatoms. The van der Waals surface area contributed by atoms with E-state index in [-0.39, 0.29) is 18.4 Å². The van der Waals surface area contributed by atoms with Crippen molar-refractivity contribution in [2.24, 2.45) is 5.10 Å². The number of H-pyrrole nitrogens is 1. The summed E-state index contributed by atoms with van der Waals surface area (Å²) in [4.78, 5) is 31.7. The van der Waals surface area contributed by atoms with Crippen LogP contribution < -0.4 is 0 Å². The fourth-order valence-electron chi connectivity index (χ4n) is 4.75. The number of aromatic nitrogens is 1. The molecule has 1 N–H and O–H groups in total. The molecule has 1 saturated heterocycles. The predicted molar refractivity (Wildman–Crippen MR) is 116 cm³/mol. The van der Waals surface area contributed by atoms with Gasteiger partial charge < -0.3 is 9.88 Å². The Balaban J connectivity index is 1.51. The number of carbonyl (C=O) groups excluding carboxylic acids is 2. The van der Waals surface area contributed by atoms with E-state index in [2.05, 4.69) is 16.2 Å². The van der Waals surface area contributed by atoms with Crippen LogP contribution in [0.15, 0.2) is 53.6 Å². The molecule has 0 unspecified atom stereocenters. The number of aromatic amines is 1. The second-order valence-electron chi connectivity index (χ2n) is 8.62. The number of aryl methyl sites for hydroxylation is 1. The van der Waals surface area contributed by atoms with Gasteiger partial charge in [0.25, 0.3) is 5.91 Å². The fourth-order valence-corrected chi connectivity index (χ4v) is 4.75. The summed E-state index contributed by atoms with van der Waals surface area (Å²) in [5, 5.41) is 6.79. The zero-order valence-corrected chi connectivity index (χ0v) is 17.3. The van der Waals surface area contributed by atoms with Crippen LogP contribution in [0.3, 0.4) is 0 Å². The molecule has 3 aromatic rings. The molecule has 2 aliphatic rings. The van der Waals surface area contributed by atoms with Gasteiger partial charge in [-0.05, 0) is 38.0 Å². The summed E-state index contributed by atoms with van der Waals surface area (Å²) >= 11 is 0. The topological polar surface area (TPSA) is 68.8 Å². The van der Waals surface area contributed by atoms with Gasteiger partial charge >= 0.3 is 0 Å². The fraction of sp³-hybridized carbons (Fsp3) is 0.292. The number of rotatable bonds is 2. The van der Waals surface area contributed by atoms with Crippen molar-refractivity contribution in [1.29, 1.82) is 0 Å². The third-order valence-corrected chi connectivity index (χ3v) is 6.25. The summed E-state index contributed by atoms with van der Waals surface area (Å²) < 4.78 is 0. The van der Waals surface area contributed by atoms with Crippen molar-refractivity contribution in [2.75, 3.05) is 6.54 Å². The van der Waals surface area contributed by atoms with E-state index in [1.54, 1.807) is 11.1 Å². The number of nitrogens with zero attached hydrogens (tertiary/aromatic N) is 3.